The zero-order valence-electron chi connectivity index (χ0n) is 9.34. The van der Waals surface area contributed by atoms with E-state index in [0.717, 1.165) is 6.42 Å². The highest BCUT2D eigenvalue weighted by molar-refractivity contribution is 5.68. The van der Waals surface area contributed by atoms with Crippen LogP contribution >= 0.6 is 0 Å². The normalized spacial score (nSPS) is 13.6. The van der Waals surface area contributed by atoms with E-state index in [1.54, 1.807) is 7.11 Å². The van der Waals surface area contributed by atoms with E-state index in [4.69, 9.17) is 4.74 Å². The molecule has 1 aliphatic carbocycles. The molecule has 0 fully saturated rings. The molecule has 0 aliphatic heterocycles. The van der Waals surface area contributed by atoms with Gasteiger partial charge in [0.1, 0.15) is 0 Å². The van der Waals surface area contributed by atoms with Gasteiger partial charge in [-0.15, -0.1) is 0 Å². The molecule has 1 heteroatoms. The number of allylic oxidation sites excluding steroid dienone is 2. The summed E-state index contributed by atoms with van der Waals surface area (Å²) in [5.74, 6) is 0. The van der Waals surface area contributed by atoms with Gasteiger partial charge in [-0.1, -0.05) is 36.4 Å². The van der Waals surface area contributed by atoms with Crippen molar-refractivity contribution < 1.29 is 4.74 Å². The van der Waals surface area contributed by atoms with Crippen LogP contribution in [-0.2, 0) is 17.8 Å². The Morgan fingerprint density at radius 2 is 2.27 bits per heavy atom. The fourth-order valence-corrected chi connectivity index (χ4v) is 1.93. The molecule has 0 heterocycles. The lowest BCUT2D eigenvalue weighted by molar-refractivity contribution is 0.185. The van der Waals surface area contributed by atoms with E-state index in [1.165, 1.54) is 27.8 Å². The van der Waals surface area contributed by atoms with Crippen molar-refractivity contribution in [3.63, 3.8) is 0 Å². The van der Waals surface area contributed by atoms with Gasteiger partial charge in [0.05, 0.1) is 6.61 Å². The molecule has 0 bridgehead atoms. The largest absolute Gasteiger partial charge is 0.380 e. The SMILES string of the molecule is C=C(C)C1=Cc2ccc(COC)cc2C1. The first-order chi connectivity index (χ1) is 7.20. The van der Waals surface area contributed by atoms with Gasteiger partial charge in [0.25, 0.3) is 0 Å². The maximum Gasteiger partial charge on any atom is 0.0713 e. The molecule has 0 radical (unpaired) electrons. The van der Waals surface area contributed by atoms with Crippen molar-refractivity contribution >= 4 is 6.08 Å². The number of hydrogen-bond donors (Lipinski definition) is 0. The number of ether oxygens (including phenoxy) is 1. The van der Waals surface area contributed by atoms with Gasteiger partial charge in [-0.3, -0.25) is 0 Å². The van der Waals surface area contributed by atoms with Gasteiger partial charge < -0.3 is 4.74 Å². The Balaban J connectivity index is 2.26. The van der Waals surface area contributed by atoms with Crippen molar-refractivity contribution in [2.75, 3.05) is 7.11 Å². The van der Waals surface area contributed by atoms with Crippen molar-refractivity contribution in [1.82, 2.24) is 0 Å². The molecule has 0 spiro atoms. The molecule has 0 saturated heterocycles. The van der Waals surface area contributed by atoms with Gasteiger partial charge in [0.15, 0.2) is 0 Å². The van der Waals surface area contributed by atoms with E-state index in [0.29, 0.717) is 6.61 Å². The summed E-state index contributed by atoms with van der Waals surface area (Å²) < 4.78 is 5.13. The van der Waals surface area contributed by atoms with Crippen molar-refractivity contribution in [1.29, 1.82) is 0 Å². The molecule has 0 aromatic heterocycles. The Hall–Kier alpha value is -1.34. The zero-order valence-corrected chi connectivity index (χ0v) is 9.34. The quantitative estimate of drug-likeness (QED) is 0.727. The van der Waals surface area contributed by atoms with Gasteiger partial charge in [0.2, 0.25) is 0 Å². The third kappa shape index (κ3) is 2.02. The summed E-state index contributed by atoms with van der Waals surface area (Å²) in [6.07, 6.45) is 3.25. The highest BCUT2D eigenvalue weighted by Crippen LogP contribution is 2.29. The number of rotatable bonds is 3. The number of hydrogen-bond acceptors (Lipinski definition) is 1. The summed E-state index contributed by atoms with van der Waals surface area (Å²) in [7, 11) is 1.73. The Kier molecular flexibility index (Phi) is 2.74. The molecule has 2 rings (SSSR count). The van der Waals surface area contributed by atoms with Crippen LogP contribution in [0, 0.1) is 0 Å². The van der Waals surface area contributed by atoms with Crippen molar-refractivity contribution in [2.24, 2.45) is 0 Å². The van der Waals surface area contributed by atoms with Gasteiger partial charge in [0, 0.05) is 7.11 Å². The molecular formula is C14H16O. The molecule has 0 unspecified atom stereocenters. The average molecular weight is 200 g/mol. The maximum absolute atomic E-state index is 5.13. The van der Waals surface area contributed by atoms with Crippen LogP contribution in [0.5, 0.6) is 0 Å². The lowest BCUT2D eigenvalue weighted by Gasteiger charge is -2.03. The standard InChI is InChI=1S/C14H16O/c1-10(2)13-7-12-5-4-11(9-15-3)6-14(12)8-13/h4-7H,1,8-9H2,2-3H3. The molecule has 1 aromatic rings. The summed E-state index contributed by atoms with van der Waals surface area (Å²) in [4.78, 5) is 0. The molecule has 1 aliphatic rings. The van der Waals surface area contributed by atoms with Crippen LogP contribution in [0.15, 0.2) is 35.9 Å². The summed E-state index contributed by atoms with van der Waals surface area (Å²) in [5, 5.41) is 0. The fraction of sp³-hybridized carbons (Fsp3) is 0.286. The topological polar surface area (TPSA) is 9.23 Å². The minimum absolute atomic E-state index is 0.690. The highest BCUT2D eigenvalue weighted by atomic mass is 16.5. The van der Waals surface area contributed by atoms with Gasteiger partial charge >= 0.3 is 0 Å². The first-order valence-corrected chi connectivity index (χ1v) is 5.18. The molecule has 0 N–H and O–H groups in total. The minimum atomic E-state index is 0.690. The Morgan fingerprint density at radius 3 is 2.93 bits per heavy atom. The molecule has 0 amide bonds. The van der Waals surface area contributed by atoms with Crippen LogP contribution in [0.2, 0.25) is 0 Å². The van der Waals surface area contributed by atoms with Crippen LogP contribution in [0.1, 0.15) is 23.6 Å². The number of fused-ring (bicyclic) bond motifs is 1. The molecule has 78 valence electrons. The fourth-order valence-electron chi connectivity index (χ4n) is 1.93. The Morgan fingerprint density at radius 1 is 1.47 bits per heavy atom. The van der Waals surface area contributed by atoms with Gasteiger partial charge in [-0.05, 0) is 35.6 Å². The van der Waals surface area contributed by atoms with Gasteiger partial charge in [-0.25, -0.2) is 0 Å². The van der Waals surface area contributed by atoms with Crippen LogP contribution in [-0.4, -0.2) is 7.11 Å². The Bertz CT molecular complexity index is 427. The van der Waals surface area contributed by atoms with E-state index in [1.807, 2.05) is 0 Å². The minimum Gasteiger partial charge on any atom is -0.380 e. The van der Waals surface area contributed by atoms with E-state index >= 15 is 0 Å². The molecule has 1 nitrogen and oxygen atoms in total. The highest BCUT2D eigenvalue weighted by Gasteiger charge is 2.13. The lowest BCUT2D eigenvalue weighted by Crippen LogP contribution is -1.91. The number of benzene rings is 1. The molecule has 1 aromatic carbocycles. The lowest BCUT2D eigenvalue weighted by atomic mass is 10.0. The molecule has 0 saturated carbocycles. The second-order valence-electron chi connectivity index (χ2n) is 4.09. The number of methoxy groups -OCH3 is 1. The van der Waals surface area contributed by atoms with E-state index in [2.05, 4.69) is 37.8 Å². The summed E-state index contributed by atoms with van der Waals surface area (Å²) >= 11 is 0. The van der Waals surface area contributed by atoms with E-state index in [-0.39, 0.29) is 0 Å². The van der Waals surface area contributed by atoms with Crippen LogP contribution in [0.4, 0.5) is 0 Å². The van der Waals surface area contributed by atoms with E-state index < -0.39 is 0 Å². The maximum atomic E-state index is 5.13. The summed E-state index contributed by atoms with van der Waals surface area (Å²) in [5.41, 5.74) is 6.47. The second-order valence-corrected chi connectivity index (χ2v) is 4.09. The predicted molar refractivity (Wildman–Crippen MR) is 63.7 cm³/mol. The third-order valence-corrected chi connectivity index (χ3v) is 2.78. The summed E-state index contributed by atoms with van der Waals surface area (Å²) in [6.45, 7) is 6.74. The second kappa shape index (κ2) is 4.03. The zero-order chi connectivity index (χ0) is 10.8. The predicted octanol–water partition coefficient (Wildman–Crippen LogP) is 3.35. The van der Waals surface area contributed by atoms with Gasteiger partial charge in [-0.2, -0.15) is 0 Å². The molecule has 0 atom stereocenters. The first-order valence-electron chi connectivity index (χ1n) is 5.18. The monoisotopic (exact) mass is 200 g/mol. The molecule has 15 heavy (non-hydrogen) atoms. The third-order valence-electron chi connectivity index (χ3n) is 2.78. The smallest absolute Gasteiger partial charge is 0.0713 e. The van der Waals surface area contributed by atoms with Crippen LogP contribution in [0.3, 0.4) is 0 Å². The van der Waals surface area contributed by atoms with E-state index in [9.17, 15) is 0 Å². The average Bonchev–Trinajstić information content (AvgIpc) is 2.61. The van der Waals surface area contributed by atoms with Crippen LogP contribution < -0.4 is 0 Å². The van der Waals surface area contributed by atoms with Crippen molar-refractivity contribution in [3.05, 3.63) is 52.6 Å². The van der Waals surface area contributed by atoms with Crippen molar-refractivity contribution in [2.45, 2.75) is 20.0 Å². The molecular weight excluding hydrogens is 184 g/mol. The van der Waals surface area contributed by atoms with Crippen LogP contribution in [0.25, 0.3) is 6.08 Å². The Labute approximate surface area is 91.1 Å². The first kappa shape index (κ1) is 10.2. The summed E-state index contributed by atoms with van der Waals surface area (Å²) in [6, 6.07) is 6.52. The van der Waals surface area contributed by atoms with Crippen molar-refractivity contribution in [3.8, 4) is 0 Å².